The molecule has 4 aromatic rings. The van der Waals surface area contributed by atoms with Crippen LogP contribution in [0, 0.1) is 24.0 Å². The molecule has 0 aliphatic carbocycles. The smallest absolute Gasteiger partial charge is 0.312 e. The van der Waals surface area contributed by atoms with Gasteiger partial charge in [-0.3, -0.25) is 14.9 Å². The predicted molar refractivity (Wildman–Crippen MR) is 116 cm³/mol. The molecule has 0 unspecified atom stereocenters. The van der Waals surface area contributed by atoms with Crippen molar-refractivity contribution in [2.45, 2.75) is 20.5 Å². The molecule has 0 aliphatic heterocycles. The number of hydrogen-bond donors (Lipinski definition) is 1. The Bertz CT molecular complexity index is 1360. The Kier molecular flexibility index (Phi) is 5.17. The van der Waals surface area contributed by atoms with Crippen molar-refractivity contribution in [2.75, 3.05) is 0 Å². The Morgan fingerprint density at radius 1 is 1.06 bits per heavy atom. The van der Waals surface area contributed by atoms with Crippen LogP contribution >= 0.6 is 0 Å². The van der Waals surface area contributed by atoms with E-state index in [9.17, 15) is 20.0 Å². The second kappa shape index (κ2) is 7.95. The zero-order valence-corrected chi connectivity index (χ0v) is 16.9. The Labute approximate surface area is 177 Å². The Morgan fingerprint density at radius 3 is 2.48 bits per heavy atom. The number of aryl methyl sites for hydroxylation is 2. The van der Waals surface area contributed by atoms with Gasteiger partial charge in [0.1, 0.15) is 12.4 Å². The fourth-order valence-corrected chi connectivity index (χ4v) is 3.43. The molecule has 0 aliphatic rings. The van der Waals surface area contributed by atoms with Crippen LogP contribution in [-0.4, -0.2) is 10.0 Å². The lowest BCUT2D eigenvalue weighted by molar-refractivity contribution is -0.383. The van der Waals surface area contributed by atoms with Gasteiger partial charge in [-0.25, -0.2) is 0 Å². The molecule has 0 radical (unpaired) electrons. The van der Waals surface area contributed by atoms with Crippen LogP contribution in [0.15, 0.2) is 69.9 Å². The molecule has 1 heterocycles. The van der Waals surface area contributed by atoms with Gasteiger partial charge in [-0.2, -0.15) is 0 Å². The van der Waals surface area contributed by atoms with E-state index in [0.29, 0.717) is 23.5 Å². The van der Waals surface area contributed by atoms with Crippen molar-refractivity contribution in [1.29, 1.82) is 0 Å². The summed E-state index contributed by atoms with van der Waals surface area (Å²) in [6, 6.07) is 17.5. The lowest BCUT2D eigenvalue weighted by Gasteiger charge is -2.12. The highest BCUT2D eigenvalue weighted by Crippen LogP contribution is 2.36. The van der Waals surface area contributed by atoms with Crippen LogP contribution in [0.1, 0.15) is 16.7 Å². The van der Waals surface area contributed by atoms with Crippen molar-refractivity contribution >= 4 is 16.7 Å². The zero-order valence-electron chi connectivity index (χ0n) is 16.9. The number of fused-ring (bicyclic) bond motifs is 1. The maximum atomic E-state index is 12.7. The van der Waals surface area contributed by atoms with Gasteiger partial charge in [-0.15, -0.1) is 0 Å². The predicted octanol–water partition coefficient (Wildman–Crippen LogP) is 5.27. The summed E-state index contributed by atoms with van der Waals surface area (Å²) in [5.74, 6) is -0.0799. The second-order valence-electron chi connectivity index (χ2n) is 7.28. The van der Waals surface area contributed by atoms with Crippen LogP contribution < -0.4 is 10.2 Å². The number of ether oxygens (including phenoxy) is 1. The van der Waals surface area contributed by atoms with Crippen molar-refractivity contribution in [1.82, 2.24) is 0 Å². The molecule has 0 fully saturated rings. The topological polar surface area (TPSA) is 103 Å². The highest BCUT2D eigenvalue weighted by Gasteiger charge is 2.23. The summed E-state index contributed by atoms with van der Waals surface area (Å²) in [4.78, 5) is 23.6. The molecule has 0 spiro atoms. The highest BCUT2D eigenvalue weighted by atomic mass is 16.6. The van der Waals surface area contributed by atoms with Crippen LogP contribution in [-0.2, 0) is 6.61 Å². The SMILES string of the molecule is Cc1cc([N+](=O)[O-])c2oc(-c3ccc(OCc4ccccc4)c(C)c3)c(O)c(=O)c2c1. The van der Waals surface area contributed by atoms with Crippen LogP contribution in [0.4, 0.5) is 5.69 Å². The molecule has 31 heavy (non-hydrogen) atoms. The largest absolute Gasteiger partial charge is 0.502 e. The molecule has 0 atom stereocenters. The fourth-order valence-electron chi connectivity index (χ4n) is 3.43. The molecule has 0 saturated heterocycles. The van der Waals surface area contributed by atoms with E-state index in [-0.39, 0.29) is 22.4 Å². The van der Waals surface area contributed by atoms with Crippen molar-refractivity contribution < 1.29 is 19.2 Å². The lowest BCUT2D eigenvalue weighted by Crippen LogP contribution is -2.05. The summed E-state index contributed by atoms with van der Waals surface area (Å²) in [5.41, 5.74) is 1.50. The average molecular weight is 417 g/mol. The minimum absolute atomic E-state index is 0.0347. The maximum absolute atomic E-state index is 12.7. The third-order valence-electron chi connectivity index (χ3n) is 4.96. The normalized spacial score (nSPS) is 10.9. The van der Waals surface area contributed by atoms with Gasteiger partial charge in [-0.1, -0.05) is 30.3 Å². The van der Waals surface area contributed by atoms with E-state index in [1.807, 2.05) is 37.3 Å². The summed E-state index contributed by atoms with van der Waals surface area (Å²) in [6.45, 7) is 3.85. The van der Waals surface area contributed by atoms with E-state index < -0.39 is 16.1 Å². The third-order valence-corrected chi connectivity index (χ3v) is 4.96. The van der Waals surface area contributed by atoms with E-state index in [0.717, 1.165) is 11.1 Å². The van der Waals surface area contributed by atoms with Crippen molar-refractivity contribution in [3.05, 3.63) is 97.7 Å². The van der Waals surface area contributed by atoms with E-state index in [1.165, 1.54) is 12.1 Å². The van der Waals surface area contributed by atoms with Crippen molar-refractivity contribution in [3.8, 4) is 22.8 Å². The van der Waals surface area contributed by atoms with Crippen LogP contribution in [0.3, 0.4) is 0 Å². The summed E-state index contributed by atoms with van der Waals surface area (Å²) in [6.07, 6.45) is 0. The van der Waals surface area contributed by atoms with E-state index in [1.54, 1.807) is 25.1 Å². The van der Waals surface area contributed by atoms with Crippen LogP contribution in [0.2, 0.25) is 0 Å². The van der Waals surface area contributed by atoms with E-state index >= 15 is 0 Å². The third kappa shape index (κ3) is 3.85. The average Bonchev–Trinajstić information content (AvgIpc) is 2.76. The molecule has 0 saturated carbocycles. The zero-order chi connectivity index (χ0) is 22.1. The number of rotatable bonds is 5. The fraction of sp³-hybridized carbons (Fsp3) is 0.125. The van der Waals surface area contributed by atoms with Gasteiger partial charge in [0.2, 0.25) is 16.8 Å². The number of nitrogens with zero attached hydrogens (tertiary/aromatic N) is 1. The molecule has 3 aromatic carbocycles. The van der Waals surface area contributed by atoms with E-state index in [2.05, 4.69) is 0 Å². The highest BCUT2D eigenvalue weighted by molar-refractivity contribution is 5.89. The van der Waals surface area contributed by atoms with Crippen molar-refractivity contribution in [3.63, 3.8) is 0 Å². The molecule has 1 aromatic heterocycles. The van der Waals surface area contributed by atoms with Gasteiger partial charge in [0.25, 0.3) is 0 Å². The number of hydrogen-bond acceptors (Lipinski definition) is 6. The molecule has 0 amide bonds. The molecular weight excluding hydrogens is 398 g/mol. The molecule has 0 bridgehead atoms. The number of non-ortho nitro benzene ring substituents is 1. The molecule has 1 N–H and O–H groups in total. The second-order valence-corrected chi connectivity index (χ2v) is 7.28. The standard InChI is InChI=1S/C24H19NO6/c1-14-10-18-21(26)22(27)23(31-24(18)19(11-14)25(28)29)17-8-9-20(15(2)12-17)30-13-16-6-4-3-5-7-16/h3-12,27H,13H2,1-2H3. The Morgan fingerprint density at radius 2 is 1.81 bits per heavy atom. The lowest BCUT2D eigenvalue weighted by atomic mass is 10.1. The first-order valence-corrected chi connectivity index (χ1v) is 9.57. The van der Waals surface area contributed by atoms with Gasteiger partial charge in [-0.05, 0) is 54.8 Å². The minimum atomic E-state index is -0.717. The molecular formula is C24H19NO6. The van der Waals surface area contributed by atoms with Gasteiger partial charge in [0.05, 0.1) is 10.3 Å². The van der Waals surface area contributed by atoms with Crippen LogP contribution in [0.5, 0.6) is 11.5 Å². The molecule has 4 rings (SSSR count). The molecule has 7 nitrogen and oxygen atoms in total. The summed E-state index contributed by atoms with van der Waals surface area (Å²) >= 11 is 0. The van der Waals surface area contributed by atoms with E-state index in [4.69, 9.17) is 9.15 Å². The quantitative estimate of drug-likeness (QED) is 0.350. The molecule has 7 heteroatoms. The first kappa shape index (κ1) is 20.2. The van der Waals surface area contributed by atoms with Gasteiger partial charge in [0, 0.05) is 11.6 Å². The van der Waals surface area contributed by atoms with Crippen molar-refractivity contribution in [2.24, 2.45) is 0 Å². The monoisotopic (exact) mass is 417 g/mol. The maximum Gasteiger partial charge on any atom is 0.312 e. The van der Waals surface area contributed by atoms with Gasteiger partial charge in [0.15, 0.2) is 5.76 Å². The Hall–Kier alpha value is -4.13. The van der Waals surface area contributed by atoms with Crippen LogP contribution in [0.25, 0.3) is 22.3 Å². The number of nitro benzene ring substituents is 1. The number of benzene rings is 3. The number of nitro groups is 1. The molecule has 156 valence electrons. The first-order valence-electron chi connectivity index (χ1n) is 9.57. The summed E-state index contributed by atoms with van der Waals surface area (Å²) in [5, 5.41) is 21.9. The summed E-state index contributed by atoms with van der Waals surface area (Å²) < 4.78 is 11.6. The first-order chi connectivity index (χ1) is 14.8. The Balaban J connectivity index is 1.76. The summed E-state index contributed by atoms with van der Waals surface area (Å²) in [7, 11) is 0. The minimum Gasteiger partial charge on any atom is -0.502 e. The van der Waals surface area contributed by atoms with Gasteiger partial charge < -0.3 is 14.3 Å². The van der Waals surface area contributed by atoms with Gasteiger partial charge >= 0.3 is 5.69 Å². The number of aromatic hydroxyl groups is 1.